The Balaban J connectivity index is 1.37. The molecule has 7 nitrogen and oxygen atoms in total. The van der Waals surface area contributed by atoms with E-state index in [1.807, 2.05) is 24.3 Å². The summed E-state index contributed by atoms with van der Waals surface area (Å²) in [5.74, 6) is 0.837. The highest BCUT2D eigenvalue weighted by atomic mass is 32.1. The van der Waals surface area contributed by atoms with Crippen LogP contribution in [0.4, 0.5) is 18.9 Å². The second-order valence-corrected chi connectivity index (χ2v) is 10.0. The standard InChI is InChI=1S/C29H29F3N6OS/c1-18(2)24-6-5-7-25(19(3)4)26(24)35-28(40)36-34-16-20-8-10-21(11-9-20)27-33-17-38(37-27)22-12-14-23(15-13-22)39-29(30,31)32/h5-19H,1-4H3,(H2,35,36,40). The lowest BCUT2D eigenvalue weighted by atomic mass is 9.93. The number of hydrogen-bond donors (Lipinski definition) is 2. The molecule has 0 saturated carbocycles. The van der Waals surface area contributed by atoms with Gasteiger partial charge in [0.25, 0.3) is 0 Å². The van der Waals surface area contributed by atoms with Gasteiger partial charge in [0.1, 0.15) is 12.1 Å². The number of nitrogens with zero attached hydrogens (tertiary/aromatic N) is 4. The summed E-state index contributed by atoms with van der Waals surface area (Å²) in [6.45, 7) is 8.60. The Morgan fingerprint density at radius 2 is 1.57 bits per heavy atom. The Labute approximate surface area is 236 Å². The first kappa shape index (κ1) is 28.8. The summed E-state index contributed by atoms with van der Waals surface area (Å²) in [5, 5.41) is 12.4. The maximum absolute atomic E-state index is 12.4. The third kappa shape index (κ3) is 7.44. The van der Waals surface area contributed by atoms with E-state index in [1.54, 1.807) is 6.21 Å². The fourth-order valence-corrected chi connectivity index (χ4v) is 4.20. The fourth-order valence-electron chi connectivity index (χ4n) is 4.04. The van der Waals surface area contributed by atoms with E-state index in [9.17, 15) is 13.2 Å². The Bertz CT molecular complexity index is 1450. The Kier molecular flexibility index (Phi) is 8.83. The van der Waals surface area contributed by atoms with Gasteiger partial charge in [-0.25, -0.2) is 9.67 Å². The number of hydrazone groups is 1. The van der Waals surface area contributed by atoms with E-state index >= 15 is 0 Å². The minimum absolute atomic E-state index is 0.305. The molecule has 0 fully saturated rings. The number of thiocarbonyl (C=S) groups is 1. The number of hydrogen-bond acceptors (Lipinski definition) is 5. The molecular formula is C29H29F3N6OS. The summed E-state index contributed by atoms with van der Waals surface area (Å²) >= 11 is 5.49. The normalized spacial score (nSPS) is 11.8. The average molecular weight is 567 g/mol. The van der Waals surface area contributed by atoms with Gasteiger partial charge in [0.05, 0.1) is 11.9 Å². The van der Waals surface area contributed by atoms with Crippen LogP contribution >= 0.6 is 12.2 Å². The molecule has 0 unspecified atom stereocenters. The number of aromatic nitrogens is 3. The Morgan fingerprint density at radius 3 is 2.15 bits per heavy atom. The maximum Gasteiger partial charge on any atom is 0.573 e. The SMILES string of the molecule is CC(C)c1cccc(C(C)C)c1NC(=S)NN=Cc1ccc(-c2ncn(-c3ccc(OC(F)(F)F)cc3)n2)cc1. The van der Waals surface area contributed by atoms with Crippen LogP contribution in [0.2, 0.25) is 0 Å². The summed E-state index contributed by atoms with van der Waals surface area (Å²) in [5.41, 5.74) is 8.44. The molecule has 40 heavy (non-hydrogen) atoms. The lowest BCUT2D eigenvalue weighted by molar-refractivity contribution is -0.274. The number of anilines is 1. The van der Waals surface area contributed by atoms with Gasteiger partial charge in [0.15, 0.2) is 10.9 Å². The van der Waals surface area contributed by atoms with Crippen LogP contribution in [0.1, 0.15) is 56.2 Å². The Morgan fingerprint density at radius 1 is 0.950 bits per heavy atom. The summed E-state index contributed by atoms with van der Waals surface area (Å²) in [4.78, 5) is 4.31. The molecule has 208 valence electrons. The van der Waals surface area contributed by atoms with Gasteiger partial charge >= 0.3 is 6.36 Å². The summed E-state index contributed by atoms with van der Waals surface area (Å²) in [7, 11) is 0. The summed E-state index contributed by atoms with van der Waals surface area (Å²) in [6, 6.07) is 19.1. The van der Waals surface area contributed by atoms with Crippen LogP contribution in [0.25, 0.3) is 17.1 Å². The van der Waals surface area contributed by atoms with Gasteiger partial charge in [-0.05, 0) is 65.0 Å². The quantitative estimate of drug-likeness (QED) is 0.132. The smallest absolute Gasteiger partial charge is 0.406 e. The molecule has 0 aliphatic carbocycles. The van der Waals surface area contributed by atoms with Crippen molar-refractivity contribution in [3.63, 3.8) is 0 Å². The van der Waals surface area contributed by atoms with Crippen molar-refractivity contribution < 1.29 is 17.9 Å². The molecule has 0 aliphatic rings. The van der Waals surface area contributed by atoms with Crippen molar-refractivity contribution in [2.75, 3.05) is 5.32 Å². The zero-order valence-electron chi connectivity index (χ0n) is 22.4. The molecule has 1 aromatic heterocycles. The number of para-hydroxylation sites is 1. The molecule has 4 rings (SSSR count). The summed E-state index contributed by atoms with van der Waals surface area (Å²) in [6.07, 6.45) is -1.59. The first-order valence-corrected chi connectivity index (χ1v) is 13.0. The highest BCUT2D eigenvalue weighted by molar-refractivity contribution is 7.80. The monoisotopic (exact) mass is 566 g/mol. The molecule has 1 heterocycles. The second-order valence-electron chi connectivity index (χ2n) is 9.62. The van der Waals surface area contributed by atoms with Gasteiger partial charge < -0.3 is 10.1 Å². The van der Waals surface area contributed by atoms with E-state index in [0.29, 0.717) is 28.5 Å². The molecule has 4 aromatic rings. The van der Waals surface area contributed by atoms with Crippen LogP contribution in [-0.2, 0) is 0 Å². The molecular weight excluding hydrogens is 537 g/mol. The van der Waals surface area contributed by atoms with E-state index in [1.165, 1.54) is 46.4 Å². The zero-order chi connectivity index (χ0) is 28.9. The van der Waals surface area contributed by atoms with Gasteiger partial charge in [0, 0.05) is 11.3 Å². The predicted molar refractivity (Wildman–Crippen MR) is 155 cm³/mol. The molecule has 0 atom stereocenters. The van der Waals surface area contributed by atoms with Gasteiger partial charge in [-0.1, -0.05) is 70.2 Å². The highest BCUT2D eigenvalue weighted by Crippen LogP contribution is 2.32. The van der Waals surface area contributed by atoms with Crippen molar-refractivity contribution in [1.29, 1.82) is 0 Å². The number of nitrogens with one attached hydrogen (secondary N) is 2. The molecule has 0 spiro atoms. The van der Waals surface area contributed by atoms with E-state index in [2.05, 4.69) is 76.6 Å². The van der Waals surface area contributed by atoms with Crippen molar-refractivity contribution in [3.8, 4) is 22.8 Å². The van der Waals surface area contributed by atoms with Crippen LogP contribution in [0, 0.1) is 0 Å². The predicted octanol–water partition coefficient (Wildman–Crippen LogP) is 7.40. The van der Waals surface area contributed by atoms with Crippen molar-refractivity contribution in [3.05, 3.63) is 89.7 Å². The lowest BCUT2D eigenvalue weighted by Gasteiger charge is -2.20. The molecule has 0 radical (unpaired) electrons. The zero-order valence-corrected chi connectivity index (χ0v) is 23.2. The van der Waals surface area contributed by atoms with Gasteiger partial charge in [-0.3, -0.25) is 5.43 Å². The molecule has 0 bridgehead atoms. The number of benzene rings is 3. The van der Waals surface area contributed by atoms with Crippen LogP contribution in [0.3, 0.4) is 0 Å². The van der Waals surface area contributed by atoms with Crippen molar-refractivity contribution in [1.82, 2.24) is 20.2 Å². The van der Waals surface area contributed by atoms with E-state index in [-0.39, 0.29) is 5.75 Å². The minimum atomic E-state index is -4.74. The number of alkyl halides is 3. The number of rotatable bonds is 8. The van der Waals surface area contributed by atoms with Crippen LogP contribution < -0.4 is 15.5 Å². The lowest BCUT2D eigenvalue weighted by Crippen LogP contribution is -2.25. The number of ether oxygens (including phenoxy) is 1. The Hall–Kier alpha value is -4.25. The summed E-state index contributed by atoms with van der Waals surface area (Å²) < 4.78 is 42.5. The van der Waals surface area contributed by atoms with E-state index in [0.717, 1.165) is 16.8 Å². The molecule has 0 aliphatic heterocycles. The van der Waals surface area contributed by atoms with E-state index < -0.39 is 6.36 Å². The average Bonchev–Trinajstić information content (AvgIpc) is 3.39. The van der Waals surface area contributed by atoms with Crippen LogP contribution in [0.15, 0.2) is 78.2 Å². The maximum atomic E-state index is 12.4. The van der Waals surface area contributed by atoms with Gasteiger partial charge in [-0.15, -0.1) is 18.3 Å². The first-order valence-electron chi connectivity index (χ1n) is 12.6. The van der Waals surface area contributed by atoms with Crippen LogP contribution in [0.5, 0.6) is 5.75 Å². The molecule has 11 heteroatoms. The molecule has 0 amide bonds. The van der Waals surface area contributed by atoms with Gasteiger partial charge in [0.2, 0.25) is 0 Å². The number of halogens is 3. The van der Waals surface area contributed by atoms with Gasteiger partial charge in [-0.2, -0.15) is 5.10 Å². The van der Waals surface area contributed by atoms with Crippen molar-refractivity contribution in [2.45, 2.75) is 45.9 Å². The molecule has 2 N–H and O–H groups in total. The second kappa shape index (κ2) is 12.3. The molecule has 3 aromatic carbocycles. The van der Waals surface area contributed by atoms with Crippen LogP contribution in [-0.4, -0.2) is 32.5 Å². The fraction of sp³-hybridized carbons (Fsp3) is 0.241. The topological polar surface area (TPSA) is 76.4 Å². The molecule has 0 saturated heterocycles. The largest absolute Gasteiger partial charge is 0.573 e. The highest BCUT2D eigenvalue weighted by Gasteiger charge is 2.31. The van der Waals surface area contributed by atoms with Crippen molar-refractivity contribution >= 4 is 29.2 Å². The first-order chi connectivity index (χ1) is 19.0. The third-order valence-corrected chi connectivity index (χ3v) is 6.18. The minimum Gasteiger partial charge on any atom is -0.406 e. The van der Waals surface area contributed by atoms with E-state index in [4.69, 9.17) is 12.2 Å². The third-order valence-electron chi connectivity index (χ3n) is 5.99. The van der Waals surface area contributed by atoms with Crippen molar-refractivity contribution in [2.24, 2.45) is 5.10 Å².